The summed E-state index contributed by atoms with van der Waals surface area (Å²) in [5, 5.41) is 10.4. The number of fused-ring (bicyclic) bond motifs is 1. The number of hydrogen-bond acceptors (Lipinski definition) is 4. The number of nitrogens with zero attached hydrogens (tertiary/aromatic N) is 2. The molecule has 104 valence electrons. The van der Waals surface area contributed by atoms with E-state index in [1.807, 2.05) is 18.2 Å². The minimum absolute atomic E-state index is 0.779. The van der Waals surface area contributed by atoms with Crippen LogP contribution in [0.2, 0.25) is 0 Å². The molecule has 1 heterocycles. The summed E-state index contributed by atoms with van der Waals surface area (Å²) in [6.07, 6.45) is 8.86. The fraction of sp³-hybridized carbons (Fsp3) is 0.375. The van der Waals surface area contributed by atoms with E-state index in [9.17, 15) is 0 Å². The van der Waals surface area contributed by atoms with Gasteiger partial charge in [0.2, 0.25) is 0 Å². The maximum atomic E-state index is 4.18. The second-order valence-corrected chi connectivity index (χ2v) is 5.49. The third kappa shape index (κ3) is 2.90. The Bertz CT molecular complexity index is 615. The van der Waals surface area contributed by atoms with E-state index in [1.165, 1.54) is 18.5 Å². The quantitative estimate of drug-likeness (QED) is 0.834. The molecule has 4 heteroatoms. The van der Waals surface area contributed by atoms with Crippen LogP contribution < -0.4 is 10.9 Å². The number of rotatable bonds is 3. The largest absolute Gasteiger partial charge is 0.304 e. The Morgan fingerprint density at radius 2 is 2.10 bits per heavy atom. The summed E-state index contributed by atoms with van der Waals surface area (Å²) in [5.41, 5.74) is 7.76. The maximum Gasteiger partial charge on any atom is 0.174 e. The molecule has 1 aromatic carbocycles. The minimum atomic E-state index is 0.779. The van der Waals surface area contributed by atoms with Crippen LogP contribution in [0.25, 0.3) is 10.8 Å². The number of benzene rings is 1. The first kappa shape index (κ1) is 12.9. The SMILES string of the molecule is CC1CC=C(NNc2nncc3ccccc23)CCC1. The number of allylic oxidation sites excluding steroid dienone is 2. The molecule has 0 spiro atoms. The molecule has 0 radical (unpaired) electrons. The first-order valence-corrected chi connectivity index (χ1v) is 7.24. The van der Waals surface area contributed by atoms with Gasteiger partial charge in [-0.3, -0.25) is 5.43 Å². The van der Waals surface area contributed by atoms with E-state index in [0.717, 1.165) is 35.3 Å². The van der Waals surface area contributed by atoms with Crippen LogP contribution in [0.3, 0.4) is 0 Å². The van der Waals surface area contributed by atoms with E-state index in [-0.39, 0.29) is 0 Å². The molecule has 1 atom stereocenters. The maximum absolute atomic E-state index is 4.18. The van der Waals surface area contributed by atoms with Crippen molar-refractivity contribution in [2.45, 2.75) is 32.6 Å². The lowest BCUT2D eigenvalue weighted by Gasteiger charge is -2.12. The van der Waals surface area contributed by atoms with Crippen molar-refractivity contribution in [2.75, 3.05) is 5.43 Å². The van der Waals surface area contributed by atoms with Crippen molar-refractivity contribution in [3.05, 3.63) is 42.2 Å². The minimum Gasteiger partial charge on any atom is -0.304 e. The van der Waals surface area contributed by atoms with Crippen molar-refractivity contribution in [3.63, 3.8) is 0 Å². The highest BCUT2D eigenvalue weighted by Crippen LogP contribution is 2.22. The average molecular weight is 268 g/mol. The Morgan fingerprint density at radius 3 is 3.05 bits per heavy atom. The van der Waals surface area contributed by atoms with Gasteiger partial charge in [-0.15, -0.1) is 5.10 Å². The Hall–Kier alpha value is -2.10. The summed E-state index contributed by atoms with van der Waals surface area (Å²) in [4.78, 5) is 0. The highest BCUT2D eigenvalue weighted by Gasteiger charge is 2.08. The van der Waals surface area contributed by atoms with Crippen LogP contribution in [0.4, 0.5) is 5.82 Å². The van der Waals surface area contributed by atoms with Crippen LogP contribution in [0.15, 0.2) is 42.2 Å². The van der Waals surface area contributed by atoms with Gasteiger partial charge in [-0.1, -0.05) is 43.7 Å². The molecule has 0 aliphatic heterocycles. The zero-order chi connectivity index (χ0) is 13.8. The first-order chi connectivity index (χ1) is 9.83. The van der Waals surface area contributed by atoms with Crippen molar-refractivity contribution in [1.29, 1.82) is 0 Å². The van der Waals surface area contributed by atoms with E-state index < -0.39 is 0 Å². The highest BCUT2D eigenvalue weighted by molar-refractivity contribution is 5.90. The van der Waals surface area contributed by atoms with E-state index >= 15 is 0 Å². The zero-order valence-electron chi connectivity index (χ0n) is 11.8. The second kappa shape index (κ2) is 5.90. The molecule has 1 aromatic heterocycles. The van der Waals surface area contributed by atoms with Crippen molar-refractivity contribution in [1.82, 2.24) is 15.6 Å². The summed E-state index contributed by atoms with van der Waals surface area (Å²) in [7, 11) is 0. The molecule has 0 saturated carbocycles. The Balaban J connectivity index is 1.74. The summed E-state index contributed by atoms with van der Waals surface area (Å²) < 4.78 is 0. The molecule has 1 aliphatic rings. The fourth-order valence-electron chi connectivity index (χ4n) is 2.58. The Kier molecular flexibility index (Phi) is 3.81. The molecule has 20 heavy (non-hydrogen) atoms. The summed E-state index contributed by atoms with van der Waals surface area (Å²) in [6.45, 7) is 2.31. The monoisotopic (exact) mass is 268 g/mol. The van der Waals surface area contributed by atoms with Crippen LogP contribution in [-0.2, 0) is 0 Å². The lowest BCUT2D eigenvalue weighted by atomic mass is 10.0. The van der Waals surface area contributed by atoms with E-state index in [1.54, 1.807) is 6.20 Å². The first-order valence-electron chi connectivity index (χ1n) is 7.24. The summed E-state index contributed by atoms with van der Waals surface area (Å²) >= 11 is 0. The van der Waals surface area contributed by atoms with Crippen LogP contribution in [0.1, 0.15) is 32.6 Å². The van der Waals surface area contributed by atoms with Crippen molar-refractivity contribution in [2.24, 2.45) is 5.92 Å². The smallest absolute Gasteiger partial charge is 0.174 e. The highest BCUT2D eigenvalue weighted by atomic mass is 15.4. The number of hydrogen-bond donors (Lipinski definition) is 2. The van der Waals surface area contributed by atoms with Gasteiger partial charge in [0.15, 0.2) is 5.82 Å². The zero-order valence-corrected chi connectivity index (χ0v) is 11.8. The molecule has 1 unspecified atom stereocenters. The van der Waals surface area contributed by atoms with Crippen molar-refractivity contribution in [3.8, 4) is 0 Å². The van der Waals surface area contributed by atoms with Gasteiger partial charge in [-0.25, -0.2) is 0 Å². The van der Waals surface area contributed by atoms with Crippen molar-refractivity contribution < 1.29 is 0 Å². The molecule has 0 saturated heterocycles. The van der Waals surface area contributed by atoms with Gasteiger partial charge in [-0.05, 0) is 25.2 Å². The van der Waals surface area contributed by atoms with Gasteiger partial charge in [0.1, 0.15) is 0 Å². The third-order valence-electron chi connectivity index (χ3n) is 3.82. The van der Waals surface area contributed by atoms with Crippen LogP contribution in [0.5, 0.6) is 0 Å². The second-order valence-electron chi connectivity index (χ2n) is 5.49. The lowest BCUT2D eigenvalue weighted by Crippen LogP contribution is -2.22. The average Bonchev–Trinajstić information content (AvgIpc) is 2.70. The van der Waals surface area contributed by atoms with Gasteiger partial charge in [0.05, 0.1) is 6.20 Å². The van der Waals surface area contributed by atoms with Crippen LogP contribution in [0, 0.1) is 5.92 Å². The molecule has 0 bridgehead atoms. The lowest BCUT2D eigenvalue weighted by molar-refractivity contribution is 0.530. The Morgan fingerprint density at radius 1 is 1.20 bits per heavy atom. The van der Waals surface area contributed by atoms with E-state index in [0.29, 0.717) is 0 Å². The van der Waals surface area contributed by atoms with Gasteiger partial charge >= 0.3 is 0 Å². The van der Waals surface area contributed by atoms with Gasteiger partial charge in [0, 0.05) is 16.5 Å². The topological polar surface area (TPSA) is 49.8 Å². The molecule has 4 nitrogen and oxygen atoms in total. The number of nitrogens with one attached hydrogen (secondary N) is 2. The third-order valence-corrected chi connectivity index (χ3v) is 3.82. The molecule has 2 aromatic rings. The predicted molar refractivity (Wildman–Crippen MR) is 82.0 cm³/mol. The molecular formula is C16H20N4. The number of anilines is 1. The standard InChI is InChI=1S/C16H20N4/c1-12-5-4-7-14(10-9-12)18-20-16-15-8-3-2-6-13(15)11-17-19-16/h2-3,6,8,10-12,18H,4-5,7,9H2,1H3,(H,19,20). The molecule has 2 N–H and O–H groups in total. The predicted octanol–water partition coefficient (Wildman–Crippen LogP) is 3.64. The Labute approximate surface area is 119 Å². The van der Waals surface area contributed by atoms with E-state index in [4.69, 9.17) is 0 Å². The van der Waals surface area contributed by atoms with E-state index in [2.05, 4.69) is 40.1 Å². The van der Waals surface area contributed by atoms with Gasteiger partial charge in [-0.2, -0.15) is 5.10 Å². The molecule has 0 amide bonds. The normalized spacial score (nSPS) is 19.2. The van der Waals surface area contributed by atoms with Gasteiger partial charge in [0.25, 0.3) is 0 Å². The van der Waals surface area contributed by atoms with Gasteiger partial charge < -0.3 is 5.43 Å². The van der Waals surface area contributed by atoms with Crippen LogP contribution >= 0.6 is 0 Å². The van der Waals surface area contributed by atoms with Crippen LogP contribution in [-0.4, -0.2) is 10.2 Å². The molecular weight excluding hydrogens is 248 g/mol. The molecule has 1 aliphatic carbocycles. The summed E-state index contributed by atoms with van der Waals surface area (Å²) in [6, 6.07) is 8.12. The number of aromatic nitrogens is 2. The molecule has 3 rings (SSSR count). The molecule has 0 fully saturated rings. The van der Waals surface area contributed by atoms with Crippen molar-refractivity contribution >= 4 is 16.6 Å². The summed E-state index contributed by atoms with van der Waals surface area (Å²) in [5.74, 6) is 1.56. The number of hydrazine groups is 1. The fourth-order valence-corrected chi connectivity index (χ4v) is 2.58.